The average molecular weight is 521 g/mol. The Morgan fingerprint density at radius 2 is 1.79 bits per heavy atom. The van der Waals surface area contributed by atoms with Crippen molar-refractivity contribution in [3.05, 3.63) is 63.9 Å². The number of hydrogen-bond donors (Lipinski definition) is 1. The van der Waals surface area contributed by atoms with E-state index in [-0.39, 0.29) is 30.4 Å². The van der Waals surface area contributed by atoms with Crippen molar-refractivity contribution in [1.82, 2.24) is 10.2 Å². The molecule has 180 valence electrons. The molecule has 33 heavy (non-hydrogen) atoms. The van der Waals surface area contributed by atoms with Crippen molar-refractivity contribution in [3.8, 4) is 5.75 Å². The van der Waals surface area contributed by atoms with Crippen molar-refractivity contribution in [3.63, 3.8) is 0 Å². The number of benzene rings is 2. The van der Waals surface area contributed by atoms with Gasteiger partial charge in [0.1, 0.15) is 17.6 Å². The van der Waals surface area contributed by atoms with E-state index in [9.17, 15) is 14.0 Å². The number of amides is 2. The third-order valence-corrected chi connectivity index (χ3v) is 5.92. The Morgan fingerprint density at radius 1 is 1.12 bits per heavy atom. The minimum atomic E-state index is -0.786. The van der Waals surface area contributed by atoms with Crippen LogP contribution in [0.5, 0.6) is 5.75 Å². The number of nitrogens with one attached hydrogen (secondary N) is 1. The Morgan fingerprint density at radius 3 is 2.36 bits per heavy atom. The largest absolute Gasteiger partial charge is 0.483 e. The summed E-state index contributed by atoms with van der Waals surface area (Å²) in [5.74, 6) is -0.319. The van der Waals surface area contributed by atoms with Crippen LogP contribution < -0.4 is 10.1 Å². The molecule has 2 rings (SSSR count). The standard InChI is InChI=1S/C26H34BrFN2O3/c1-17(2)14-29-25(32)18(3)30(15-19-9-7-8-10-22(19)28)24(31)16-33-23-12-11-20(13-21(23)27)26(4,5)6/h7-13,17-18H,14-16H2,1-6H3,(H,29,32). The van der Waals surface area contributed by atoms with E-state index in [1.807, 2.05) is 32.0 Å². The molecule has 0 saturated heterocycles. The van der Waals surface area contributed by atoms with Gasteiger partial charge in [-0.05, 0) is 57.9 Å². The predicted molar refractivity (Wildman–Crippen MR) is 133 cm³/mol. The fourth-order valence-corrected chi connectivity index (χ4v) is 3.65. The molecule has 0 radical (unpaired) electrons. The van der Waals surface area contributed by atoms with Crippen molar-refractivity contribution >= 4 is 27.7 Å². The lowest BCUT2D eigenvalue weighted by Gasteiger charge is -2.29. The Labute approximate surface area is 204 Å². The molecule has 0 heterocycles. The molecule has 1 unspecified atom stereocenters. The summed E-state index contributed by atoms with van der Waals surface area (Å²) >= 11 is 3.51. The lowest BCUT2D eigenvalue weighted by Crippen LogP contribution is -2.49. The topological polar surface area (TPSA) is 58.6 Å². The van der Waals surface area contributed by atoms with Crippen LogP contribution in [0.2, 0.25) is 0 Å². The molecule has 0 aliphatic carbocycles. The van der Waals surface area contributed by atoms with E-state index < -0.39 is 17.8 Å². The molecule has 5 nitrogen and oxygen atoms in total. The van der Waals surface area contributed by atoms with Gasteiger partial charge in [-0.25, -0.2) is 4.39 Å². The van der Waals surface area contributed by atoms with E-state index in [2.05, 4.69) is 42.0 Å². The summed E-state index contributed by atoms with van der Waals surface area (Å²) < 4.78 is 20.8. The van der Waals surface area contributed by atoms with Gasteiger partial charge < -0.3 is 15.0 Å². The fraction of sp³-hybridized carbons (Fsp3) is 0.462. The zero-order valence-electron chi connectivity index (χ0n) is 20.2. The third-order valence-electron chi connectivity index (χ3n) is 5.30. The van der Waals surface area contributed by atoms with Crippen LogP contribution in [-0.4, -0.2) is 35.9 Å². The summed E-state index contributed by atoms with van der Waals surface area (Å²) in [4.78, 5) is 27.2. The second-order valence-corrected chi connectivity index (χ2v) is 10.5. The normalized spacial score (nSPS) is 12.4. The van der Waals surface area contributed by atoms with Gasteiger partial charge in [0.25, 0.3) is 5.91 Å². The molecular formula is C26H34BrFN2O3. The van der Waals surface area contributed by atoms with Crippen LogP contribution in [0.3, 0.4) is 0 Å². The monoisotopic (exact) mass is 520 g/mol. The van der Waals surface area contributed by atoms with Crippen LogP contribution in [0.1, 0.15) is 52.7 Å². The smallest absolute Gasteiger partial charge is 0.261 e. The molecule has 0 aliphatic heterocycles. The highest BCUT2D eigenvalue weighted by Gasteiger charge is 2.27. The summed E-state index contributed by atoms with van der Waals surface area (Å²) in [6.45, 7) is 12.2. The number of carbonyl (C=O) groups is 2. The minimum Gasteiger partial charge on any atom is -0.483 e. The molecule has 0 aliphatic rings. The first kappa shape index (κ1) is 26.8. The van der Waals surface area contributed by atoms with Gasteiger partial charge in [-0.15, -0.1) is 0 Å². The first-order valence-electron chi connectivity index (χ1n) is 11.1. The van der Waals surface area contributed by atoms with Crippen molar-refractivity contribution in [2.75, 3.05) is 13.2 Å². The zero-order valence-corrected chi connectivity index (χ0v) is 21.8. The Bertz CT molecular complexity index is 972. The van der Waals surface area contributed by atoms with Gasteiger partial charge in [0, 0.05) is 18.7 Å². The molecular weight excluding hydrogens is 487 g/mol. The number of carbonyl (C=O) groups excluding carboxylic acids is 2. The van der Waals surface area contributed by atoms with Crippen molar-refractivity contribution in [2.24, 2.45) is 5.92 Å². The first-order chi connectivity index (χ1) is 15.4. The van der Waals surface area contributed by atoms with Crippen molar-refractivity contribution in [2.45, 2.75) is 59.5 Å². The highest BCUT2D eigenvalue weighted by atomic mass is 79.9. The van der Waals surface area contributed by atoms with Crippen LogP contribution in [0.25, 0.3) is 0 Å². The van der Waals surface area contributed by atoms with Gasteiger partial charge in [-0.2, -0.15) is 0 Å². The number of ether oxygens (including phenoxy) is 1. The van der Waals surface area contributed by atoms with Gasteiger partial charge in [0.2, 0.25) is 5.91 Å². The summed E-state index contributed by atoms with van der Waals surface area (Å²) in [5.41, 5.74) is 1.45. The van der Waals surface area contributed by atoms with Crippen LogP contribution in [-0.2, 0) is 21.5 Å². The Kier molecular flexibility index (Phi) is 9.46. The summed E-state index contributed by atoms with van der Waals surface area (Å²) in [6.07, 6.45) is 0. The average Bonchev–Trinajstić information content (AvgIpc) is 2.74. The van der Waals surface area contributed by atoms with Crippen LogP contribution in [0.4, 0.5) is 4.39 Å². The molecule has 7 heteroatoms. The highest BCUT2D eigenvalue weighted by Crippen LogP contribution is 2.31. The Balaban J connectivity index is 2.19. The maximum absolute atomic E-state index is 14.3. The van der Waals surface area contributed by atoms with Crippen LogP contribution in [0.15, 0.2) is 46.9 Å². The molecule has 2 aromatic carbocycles. The van der Waals surface area contributed by atoms with Crippen LogP contribution >= 0.6 is 15.9 Å². The molecule has 1 atom stereocenters. The molecule has 2 aromatic rings. The van der Waals surface area contributed by atoms with Gasteiger partial charge >= 0.3 is 0 Å². The maximum Gasteiger partial charge on any atom is 0.261 e. The number of rotatable bonds is 9. The molecule has 0 fully saturated rings. The van der Waals surface area contributed by atoms with Crippen molar-refractivity contribution < 1.29 is 18.7 Å². The molecule has 0 bridgehead atoms. The van der Waals surface area contributed by atoms with E-state index in [1.54, 1.807) is 25.1 Å². The second-order valence-electron chi connectivity index (χ2n) is 9.61. The molecule has 0 spiro atoms. The minimum absolute atomic E-state index is 0.0216. The van der Waals surface area contributed by atoms with Gasteiger partial charge in [0.05, 0.1) is 4.47 Å². The SMILES string of the molecule is CC(C)CNC(=O)C(C)N(Cc1ccccc1F)C(=O)COc1ccc(C(C)(C)C)cc1Br. The number of hydrogen-bond acceptors (Lipinski definition) is 3. The first-order valence-corrected chi connectivity index (χ1v) is 11.9. The van der Waals surface area contributed by atoms with E-state index >= 15 is 0 Å². The number of halogens is 2. The van der Waals surface area contributed by atoms with E-state index in [0.29, 0.717) is 17.9 Å². The lowest BCUT2D eigenvalue weighted by molar-refractivity contribution is -0.142. The van der Waals surface area contributed by atoms with Gasteiger partial charge in [-0.3, -0.25) is 9.59 Å². The fourth-order valence-electron chi connectivity index (χ4n) is 3.15. The van der Waals surface area contributed by atoms with E-state index in [1.165, 1.54) is 11.0 Å². The molecule has 2 amide bonds. The second kappa shape index (κ2) is 11.6. The van der Waals surface area contributed by atoms with E-state index in [4.69, 9.17) is 4.74 Å². The summed E-state index contributed by atoms with van der Waals surface area (Å²) in [7, 11) is 0. The van der Waals surface area contributed by atoms with E-state index in [0.717, 1.165) is 10.0 Å². The molecule has 0 aromatic heterocycles. The van der Waals surface area contributed by atoms with Crippen molar-refractivity contribution in [1.29, 1.82) is 0 Å². The number of nitrogens with zero attached hydrogens (tertiary/aromatic N) is 1. The third kappa shape index (κ3) is 7.84. The summed E-state index contributed by atoms with van der Waals surface area (Å²) in [6, 6.07) is 11.2. The quantitative estimate of drug-likeness (QED) is 0.477. The van der Waals surface area contributed by atoms with Crippen LogP contribution in [0, 0.1) is 11.7 Å². The maximum atomic E-state index is 14.3. The lowest BCUT2D eigenvalue weighted by atomic mass is 9.87. The highest BCUT2D eigenvalue weighted by molar-refractivity contribution is 9.10. The van der Waals surface area contributed by atoms with Gasteiger partial charge in [-0.1, -0.05) is 58.9 Å². The van der Waals surface area contributed by atoms with Gasteiger partial charge in [0.15, 0.2) is 6.61 Å². The molecule has 0 saturated carbocycles. The predicted octanol–water partition coefficient (Wildman–Crippen LogP) is 5.45. The Hall–Kier alpha value is -2.41. The molecule has 1 N–H and O–H groups in total. The summed E-state index contributed by atoms with van der Waals surface area (Å²) in [5, 5.41) is 2.85. The zero-order chi connectivity index (χ0) is 24.8.